The van der Waals surface area contributed by atoms with Gasteiger partial charge >= 0.3 is 5.69 Å². The van der Waals surface area contributed by atoms with Gasteiger partial charge in [-0.2, -0.15) is 4.98 Å². The maximum atomic E-state index is 12.5. The van der Waals surface area contributed by atoms with Gasteiger partial charge in [0.2, 0.25) is 5.95 Å². The number of rotatable bonds is 2. The van der Waals surface area contributed by atoms with Gasteiger partial charge in [0.15, 0.2) is 11.2 Å². The summed E-state index contributed by atoms with van der Waals surface area (Å²) >= 11 is 0. The second kappa shape index (κ2) is 5.35. The summed E-state index contributed by atoms with van der Waals surface area (Å²) in [7, 11) is 3.07. The monoisotopic (exact) mass is 302 g/mol. The van der Waals surface area contributed by atoms with Crippen LogP contribution in [0, 0.1) is 12.3 Å². The molecule has 116 valence electrons. The first kappa shape index (κ1) is 14.4. The summed E-state index contributed by atoms with van der Waals surface area (Å²) in [6.45, 7) is 3.49. The number of nitrogens with zero attached hydrogens (tertiary/aromatic N) is 5. The van der Waals surface area contributed by atoms with Crippen LogP contribution in [0.2, 0.25) is 0 Å². The molecule has 8 nitrogen and oxygen atoms in total. The minimum atomic E-state index is -0.394. The third kappa shape index (κ3) is 2.02. The molecule has 3 rings (SSSR count). The lowest BCUT2D eigenvalue weighted by Gasteiger charge is -2.28. The van der Waals surface area contributed by atoms with E-state index in [4.69, 9.17) is 6.42 Å². The Morgan fingerprint density at radius 2 is 1.91 bits per heavy atom. The number of nitrogens with one attached hydrogen (secondary N) is 1. The summed E-state index contributed by atoms with van der Waals surface area (Å²) in [4.78, 5) is 31.2. The number of anilines is 1. The van der Waals surface area contributed by atoms with Crippen molar-refractivity contribution in [3.63, 3.8) is 0 Å². The molecule has 3 heterocycles. The topological polar surface area (TPSA) is 77.1 Å². The largest absolute Gasteiger partial charge is 0.340 e. The fraction of sp³-hybridized carbons (Fsp3) is 0.500. The van der Waals surface area contributed by atoms with E-state index in [-0.39, 0.29) is 12.1 Å². The Hall–Kier alpha value is -2.53. The molecule has 1 saturated heterocycles. The van der Waals surface area contributed by atoms with Crippen molar-refractivity contribution in [2.45, 2.75) is 6.54 Å². The molecule has 0 bridgehead atoms. The van der Waals surface area contributed by atoms with E-state index < -0.39 is 5.69 Å². The molecule has 0 unspecified atom stereocenters. The zero-order valence-electron chi connectivity index (χ0n) is 12.7. The second-order valence-corrected chi connectivity index (χ2v) is 5.32. The van der Waals surface area contributed by atoms with Crippen LogP contribution in [0.1, 0.15) is 0 Å². The highest BCUT2D eigenvalue weighted by atomic mass is 16.2. The standard InChI is InChI=1S/C14H18N6O2/c1-4-7-20-10-11(17(2)14(22)18(3)12(10)21)16-13(20)19-8-5-15-6-9-19/h1,15H,5-9H2,2-3H3. The Morgan fingerprint density at radius 1 is 1.23 bits per heavy atom. The molecule has 1 aliphatic rings. The molecule has 0 saturated carbocycles. The molecule has 22 heavy (non-hydrogen) atoms. The van der Waals surface area contributed by atoms with E-state index in [0.717, 1.165) is 30.7 Å². The van der Waals surface area contributed by atoms with E-state index in [1.165, 1.54) is 11.6 Å². The van der Waals surface area contributed by atoms with Crippen molar-refractivity contribution in [1.82, 2.24) is 24.0 Å². The van der Waals surface area contributed by atoms with Gasteiger partial charge in [0.25, 0.3) is 5.56 Å². The molecule has 1 N–H and O–H groups in total. The van der Waals surface area contributed by atoms with Crippen molar-refractivity contribution in [3.05, 3.63) is 20.8 Å². The van der Waals surface area contributed by atoms with E-state index >= 15 is 0 Å². The average Bonchev–Trinajstić information content (AvgIpc) is 2.92. The molecule has 8 heteroatoms. The zero-order valence-corrected chi connectivity index (χ0v) is 12.7. The summed E-state index contributed by atoms with van der Waals surface area (Å²) in [6, 6.07) is 0. The van der Waals surface area contributed by atoms with Gasteiger partial charge in [-0.1, -0.05) is 5.92 Å². The van der Waals surface area contributed by atoms with E-state index in [0.29, 0.717) is 17.1 Å². The normalized spacial score (nSPS) is 15.2. The Morgan fingerprint density at radius 3 is 2.55 bits per heavy atom. The fourth-order valence-corrected chi connectivity index (χ4v) is 2.78. The first-order valence-electron chi connectivity index (χ1n) is 7.11. The number of aryl methyl sites for hydroxylation is 1. The van der Waals surface area contributed by atoms with Crippen LogP contribution in [0.3, 0.4) is 0 Å². The lowest BCUT2D eigenvalue weighted by Crippen LogP contribution is -2.44. The Balaban J connectivity index is 2.34. The van der Waals surface area contributed by atoms with E-state index in [1.807, 2.05) is 0 Å². The second-order valence-electron chi connectivity index (χ2n) is 5.32. The van der Waals surface area contributed by atoms with Crippen LogP contribution in [0.5, 0.6) is 0 Å². The molecule has 2 aromatic heterocycles. The number of hydrogen-bond acceptors (Lipinski definition) is 5. The summed E-state index contributed by atoms with van der Waals surface area (Å²) < 4.78 is 4.19. The molecule has 2 aromatic rings. The van der Waals surface area contributed by atoms with Gasteiger partial charge in [-0.3, -0.25) is 18.5 Å². The van der Waals surface area contributed by atoms with Crippen molar-refractivity contribution in [1.29, 1.82) is 0 Å². The molecule has 0 aromatic carbocycles. The van der Waals surface area contributed by atoms with Crippen molar-refractivity contribution >= 4 is 17.1 Å². The Labute approximate surface area is 127 Å². The number of piperazine rings is 1. The van der Waals surface area contributed by atoms with Crippen molar-refractivity contribution in [2.24, 2.45) is 14.1 Å². The highest BCUT2D eigenvalue weighted by Gasteiger charge is 2.23. The number of hydrogen-bond donors (Lipinski definition) is 1. The van der Waals surface area contributed by atoms with Crippen LogP contribution in [-0.4, -0.2) is 44.9 Å². The van der Waals surface area contributed by atoms with Gasteiger partial charge in [-0.05, 0) is 0 Å². The van der Waals surface area contributed by atoms with Gasteiger partial charge in [-0.25, -0.2) is 4.79 Å². The quantitative estimate of drug-likeness (QED) is 0.682. The molecule has 1 fully saturated rings. The first-order chi connectivity index (χ1) is 10.6. The minimum absolute atomic E-state index is 0.239. The van der Waals surface area contributed by atoms with Gasteiger partial charge in [0, 0.05) is 40.3 Å². The third-order valence-electron chi connectivity index (χ3n) is 3.98. The van der Waals surface area contributed by atoms with Crippen molar-refractivity contribution < 1.29 is 0 Å². The molecule has 0 radical (unpaired) electrons. The third-order valence-corrected chi connectivity index (χ3v) is 3.98. The molecular weight excluding hydrogens is 284 g/mol. The minimum Gasteiger partial charge on any atom is -0.340 e. The van der Waals surface area contributed by atoms with Gasteiger partial charge in [0.05, 0.1) is 6.54 Å². The average molecular weight is 302 g/mol. The summed E-state index contributed by atoms with van der Waals surface area (Å²) in [5.74, 6) is 3.21. The lowest BCUT2D eigenvalue weighted by atomic mass is 10.4. The van der Waals surface area contributed by atoms with Crippen molar-refractivity contribution in [3.8, 4) is 12.3 Å². The van der Waals surface area contributed by atoms with Crippen LogP contribution >= 0.6 is 0 Å². The first-order valence-corrected chi connectivity index (χ1v) is 7.11. The maximum Gasteiger partial charge on any atom is 0.332 e. The highest BCUT2D eigenvalue weighted by Crippen LogP contribution is 2.19. The zero-order chi connectivity index (χ0) is 15.9. The molecule has 0 atom stereocenters. The molecule has 0 amide bonds. The Bertz CT molecular complexity index is 876. The lowest BCUT2D eigenvalue weighted by molar-refractivity contribution is 0.573. The summed E-state index contributed by atoms with van der Waals surface area (Å²) in [6.07, 6.45) is 5.46. The van der Waals surface area contributed by atoms with Crippen LogP contribution in [0.4, 0.5) is 5.95 Å². The predicted molar refractivity (Wildman–Crippen MR) is 84.1 cm³/mol. The molecular formula is C14H18N6O2. The van der Waals surface area contributed by atoms with Gasteiger partial charge in [0.1, 0.15) is 0 Å². The highest BCUT2D eigenvalue weighted by molar-refractivity contribution is 5.74. The number of aromatic nitrogens is 4. The SMILES string of the molecule is C#CCn1c(N2CCNCC2)nc2c1c(=O)n(C)c(=O)n2C. The van der Waals surface area contributed by atoms with Gasteiger partial charge < -0.3 is 10.2 Å². The molecule has 0 spiro atoms. The summed E-state index contributed by atoms with van der Waals surface area (Å²) in [5, 5.41) is 3.27. The van der Waals surface area contributed by atoms with E-state index in [2.05, 4.69) is 21.1 Å². The number of imidazole rings is 1. The molecule has 1 aliphatic heterocycles. The Kier molecular flexibility index (Phi) is 3.50. The predicted octanol–water partition coefficient (Wildman–Crippen LogP) is -1.52. The van der Waals surface area contributed by atoms with Crippen LogP contribution < -0.4 is 21.5 Å². The summed E-state index contributed by atoms with van der Waals surface area (Å²) in [5.41, 5.74) is -0.0232. The smallest absolute Gasteiger partial charge is 0.332 e. The van der Waals surface area contributed by atoms with E-state index in [9.17, 15) is 9.59 Å². The van der Waals surface area contributed by atoms with Gasteiger partial charge in [-0.15, -0.1) is 6.42 Å². The van der Waals surface area contributed by atoms with Crippen LogP contribution in [0.25, 0.3) is 11.2 Å². The van der Waals surface area contributed by atoms with E-state index in [1.54, 1.807) is 11.6 Å². The fourth-order valence-electron chi connectivity index (χ4n) is 2.78. The van der Waals surface area contributed by atoms with Crippen molar-refractivity contribution in [2.75, 3.05) is 31.1 Å². The van der Waals surface area contributed by atoms with Crippen LogP contribution in [-0.2, 0) is 20.6 Å². The maximum absolute atomic E-state index is 12.5. The van der Waals surface area contributed by atoms with Crippen LogP contribution in [0.15, 0.2) is 9.59 Å². The number of terminal acetylenes is 1. The number of fused-ring (bicyclic) bond motifs is 1. The molecule has 0 aliphatic carbocycles.